The summed E-state index contributed by atoms with van der Waals surface area (Å²) in [6.07, 6.45) is 2.52. The minimum Gasteiger partial charge on any atom is -0.395 e. The van der Waals surface area contributed by atoms with Crippen LogP contribution in [-0.2, 0) is 9.84 Å². The number of rotatable bonds is 10. The largest absolute Gasteiger partial charge is 0.395 e. The summed E-state index contributed by atoms with van der Waals surface area (Å²) >= 11 is 0. The maximum atomic E-state index is 13.2. The van der Waals surface area contributed by atoms with E-state index in [0.29, 0.717) is 30.8 Å². The molecule has 0 unspecified atom stereocenters. The number of carbonyl (C=O) groups excluding carboxylic acids is 1. The summed E-state index contributed by atoms with van der Waals surface area (Å²) in [6, 6.07) is 10.8. The Morgan fingerprint density at radius 3 is 2.67 bits per heavy atom. The molecule has 0 atom stereocenters. The van der Waals surface area contributed by atoms with Crippen molar-refractivity contribution in [3.8, 4) is 11.1 Å². The number of hydrogen-bond donors (Lipinski definition) is 4. The summed E-state index contributed by atoms with van der Waals surface area (Å²) in [5.74, 6) is -0.186. The van der Waals surface area contributed by atoms with Gasteiger partial charge >= 0.3 is 0 Å². The van der Waals surface area contributed by atoms with Gasteiger partial charge in [-0.05, 0) is 73.3 Å². The zero-order valence-electron chi connectivity index (χ0n) is 20.8. The molecule has 0 fully saturated rings. The van der Waals surface area contributed by atoms with Crippen molar-refractivity contribution in [1.82, 2.24) is 20.6 Å². The van der Waals surface area contributed by atoms with E-state index in [9.17, 15) is 13.2 Å². The predicted octanol–water partition coefficient (Wildman–Crippen LogP) is 3.50. The number of aryl methyl sites for hydroxylation is 2. The summed E-state index contributed by atoms with van der Waals surface area (Å²) in [6.45, 7) is 7.29. The lowest BCUT2D eigenvalue weighted by molar-refractivity contribution is 0.0952. The highest BCUT2D eigenvalue weighted by atomic mass is 32.2. The summed E-state index contributed by atoms with van der Waals surface area (Å²) < 4.78 is 25.2. The smallest absolute Gasteiger partial charge is 0.251 e. The predicted molar refractivity (Wildman–Crippen MR) is 143 cm³/mol. The van der Waals surface area contributed by atoms with E-state index in [0.717, 1.165) is 45.0 Å². The number of fused-ring (bicyclic) bond motifs is 3. The lowest BCUT2D eigenvalue weighted by Gasteiger charge is -2.14. The molecule has 0 aliphatic carbocycles. The lowest BCUT2D eigenvalue weighted by Crippen LogP contribution is -2.28. The molecule has 0 bridgehead atoms. The minimum atomic E-state index is -3.40. The fourth-order valence-corrected chi connectivity index (χ4v) is 5.32. The van der Waals surface area contributed by atoms with Crippen molar-refractivity contribution in [2.24, 2.45) is 0 Å². The molecule has 0 aliphatic heterocycles. The van der Waals surface area contributed by atoms with Crippen LogP contribution in [-0.4, -0.2) is 61.4 Å². The van der Waals surface area contributed by atoms with Crippen molar-refractivity contribution in [2.75, 3.05) is 32.0 Å². The Morgan fingerprint density at radius 2 is 1.92 bits per heavy atom. The topological polar surface area (TPSA) is 124 Å². The monoisotopic (exact) mass is 508 g/mol. The van der Waals surface area contributed by atoms with Crippen LogP contribution in [0.4, 0.5) is 0 Å². The molecule has 0 aliphatic rings. The van der Waals surface area contributed by atoms with Gasteiger partial charge in [0.15, 0.2) is 9.84 Å². The second-order valence-corrected chi connectivity index (χ2v) is 11.2. The fourth-order valence-electron chi connectivity index (χ4n) is 4.40. The number of benzene rings is 2. The fraction of sp³-hybridized carbons (Fsp3) is 0.333. The van der Waals surface area contributed by atoms with Crippen LogP contribution in [0.5, 0.6) is 0 Å². The maximum Gasteiger partial charge on any atom is 0.251 e. The van der Waals surface area contributed by atoms with Crippen molar-refractivity contribution < 1.29 is 18.3 Å². The first-order chi connectivity index (χ1) is 17.3. The molecule has 9 heteroatoms. The van der Waals surface area contributed by atoms with Crippen molar-refractivity contribution >= 4 is 37.7 Å². The number of sulfone groups is 1. The first kappa shape index (κ1) is 25.8. The van der Waals surface area contributed by atoms with Crippen molar-refractivity contribution in [2.45, 2.75) is 32.1 Å². The molecule has 36 heavy (non-hydrogen) atoms. The Kier molecular flexibility index (Phi) is 7.73. The highest BCUT2D eigenvalue weighted by molar-refractivity contribution is 7.91. The van der Waals surface area contributed by atoms with Gasteiger partial charge in [0.1, 0.15) is 5.65 Å². The molecule has 190 valence electrons. The molecule has 4 aromatic rings. The maximum absolute atomic E-state index is 13.2. The number of H-pyrrole nitrogens is 1. The average Bonchev–Trinajstić information content (AvgIpc) is 3.25. The molecular weight excluding hydrogens is 476 g/mol. The molecule has 8 nitrogen and oxygen atoms in total. The number of amides is 1. The van der Waals surface area contributed by atoms with Gasteiger partial charge in [-0.2, -0.15) is 0 Å². The van der Waals surface area contributed by atoms with E-state index >= 15 is 0 Å². The van der Waals surface area contributed by atoms with Crippen molar-refractivity contribution in [1.29, 1.82) is 0 Å². The second kappa shape index (κ2) is 10.8. The highest BCUT2D eigenvalue weighted by Gasteiger charge is 2.21. The second-order valence-electron chi connectivity index (χ2n) is 8.89. The number of hydrogen-bond acceptors (Lipinski definition) is 6. The first-order valence-corrected chi connectivity index (χ1v) is 13.8. The van der Waals surface area contributed by atoms with E-state index in [1.54, 1.807) is 31.3 Å². The quantitative estimate of drug-likeness (QED) is 0.243. The molecule has 0 saturated heterocycles. The third kappa shape index (κ3) is 5.13. The summed E-state index contributed by atoms with van der Waals surface area (Å²) in [4.78, 5) is 21.4. The molecule has 0 saturated carbocycles. The molecule has 2 heterocycles. The number of aromatic amines is 1. The third-order valence-corrected chi connectivity index (χ3v) is 8.09. The number of carbonyl (C=O) groups is 1. The lowest BCUT2D eigenvalue weighted by atomic mass is 9.93. The summed E-state index contributed by atoms with van der Waals surface area (Å²) in [7, 11) is -3.40. The zero-order chi connectivity index (χ0) is 25.9. The van der Waals surface area contributed by atoms with Gasteiger partial charge in [-0.1, -0.05) is 19.1 Å². The van der Waals surface area contributed by atoms with E-state index in [2.05, 4.69) is 26.7 Å². The summed E-state index contributed by atoms with van der Waals surface area (Å²) in [5.41, 5.74) is 5.34. The van der Waals surface area contributed by atoms with E-state index in [1.165, 1.54) is 0 Å². The van der Waals surface area contributed by atoms with E-state index in [1.807, 2.05) is 26.0 Å². The molecule has 2 aromatic heterocycles. The van der Waals surface area contributed by atoms with Gasteiger partial charge in [0.2, 0.25) is 0 Å². The van der Waals surface area contributed by atoms with Crippen molar-refractivity contribution in [3.63, 3.8) is 0 Å². The number of nitrogens with zero attached hydrogens (tertiary/aromatic N) is 1. The third-order valence-electron chi connectivity index (χ3n) is 6.36. The molecule has 4 rings (SSSR count). The van der Waals surface area contributed by atoms with Crippen LogP contribution < -0.4 is 10.6 Å². The zero-order valence-corrected chi connectivity index (χ0v) is 21.6. The molecule has 2 aromatic carbocycles. The van der Waals surface area contributed by atoms with Crippen molar-refractivity contribution in [3.05, 3.63) is 59.3 Å². The van der Waals surface area contributed by atoms with Crippen LogP contribution in [0.25, 0.3) is 33.1 Å². The molecule has 1 amide bonds. The van der Waals surface area contributed by atoms with E-state index < -0.39 is 9.84 Å². The van der Waals surface area contributed by atoms with Gasteiger partial charge in [-0.3, -0.25) is 4.79 Å². The molecule has 4 N–H and O–H groups in total. The molecule has 0 radical (unpaired) electrons. The van der Waals surface area contributed by atoms with Gasteiger partial charge in [-0.15, -0.1) is 0 Å². The van der Waals surface area contributed by atoms with Crippen LogP contribution in [0.3, 0.4) is 0 Å². The standard InChI is InChI=1S/C27H32N4O4S/c1-4-36(34,35)20-8-5-7-19(14-20)22-15-21(27(33)29-10-6-9-28-11-12-32)18(3)25-24(22)23-13-17(2)16-30-26(23)31-25/h5,7-8,13-16,28,32H,4,6,9-12H2,1-3H3,(H,29,33)(H,30,31). The molecular formula is C27H32N4O4S. The van der Waals surface area contributed by atoms with Crippen LogP contribution in [0, 0.1) is 13.8 Å². The van der Waals surface area contributed by atoms with Crippen LogP contribution in [0.2, 0.25) is 0 Å². The normalized spacial score (nSPS) is 11.9. The molecule has 0 spiro atoms. The number of aliphatic hydroxyl groups is 1. The Hall–Kier alpha value is -3.27. The first-order valence-electron chi connectivity index (χ1n) is 12.1. The number of pyridine rings is 1. The Bertz CT molecular complexity index is 1530. The van der Waals surface area contributed by atoms with E-state index in [4.69, 9.17) is 5.11 Å². The van der Waals surface area contributed by atoms with Crippen LogP contribution in [0.1, 0.15) is 34.8 Å². The van der Waals surface area contributed by atoms with Gasteiger partial charge < -0.3 is 20.7 Å². The van der Waals surface area contributed by atoms with Crippen LogP contribution in [0.15, 0.2) is 47.5 Å². The Labute approximate surface area is 211 Å². The van der Waals surface area contributed by atoms with Gasteiger partial charge in [0.25, 0.3) is 5.91 Å². The highest BCUT2D eigenvalue weighted by Crippen LogP contribution is 2.38. The van der Waals surface area contributed by atoms with Gasteiger partial charge in [-0.25, -0.2) is 13.4 Å². The van der Waals surface area contributed by atoms with Gasteiger partial charge in [0, 0.05) is 35.6 Å². The number of aliphatic hydroxyl groups excluding tert-OH is 1. The SMILES string of the molecule is CCS(=O)(=O)c1cccc(-c2cc(C(=O)NCCCNCCO)c(C)c3[nH]c4ncc(C)cc4c23)c1. The van der Waals surface area contributed by atoms with Crippen LogP contribution >= 0.6 is 0 Å². The Balaban J connectivity index is 1.84. The number of aromatic nitrogens is 2. The average molecular weight is 509 g/mol. The summed E-state index contributed by atoms with van der Waals surface area (Å²) in [5, 5.41) is 16.8. The minimum absolute atomic E-state index is 0.0107. The Morgan fingerprint density at radius 1 is 1.11 bits per heavy atom. The van der Waals surface area contributed by atoms with Gasteiger partial charge in [0.05, 0.1) is 22.8 Å². The number of nitrogens with one attached hydrogen (secondary N) is 3. The van der Waals surface area contributed by atoms with E-state index in [-0.39, 0.29) is 23.2 Å².